The zero-order valence-electron chi connectivity index (χ0n) is 17.0. The lowest BCUT2D eigenvalue weighted by Crippen LogP contribution is -2.20. The van der Waals surface area contributed by atoms with Crippen LogP contribution < -0.4 is 20.1 Å². The summed E-state index contributed by atoms with van der Waals surface area (Å²) in [4.78, 5) is 28.8. The fraction of sp³-hybridized carbons (Fsp3) is 0.0870. The van der Waals surface area contributed by atoms with E-state index < -0.39 is 0 Å². The third kappa shape index (κ3) is 5.32. The molecule has 162 valence electrons. The Morgan fingerprint density at radius 3 is 2.62 bits per heavy atom. The van der Waals surface area contributed by atoms with Crippen molar-refractivity contribution in [2.24, 2.45) is 0 Å². The molecule has 0 radical (unpaired) electrons. The van der Waals surface area contributed by atoms with Crippen molar-refractivity contribution in [1.82, 2.24) is 4.98 Å². The van der Waals surface area contributed by atoms with Gasteiger partial charge in [-0.25, -0.2) is 4.98 Å². The van der Waals surface area contributed by atoms with E-state index in [1.807, 2.05) is 29.6 Å². The van der Waals surface area contributed by atoms with Gasteiger partial charge in [-0.15, -0.1) is 11.3 Å². The van der Waals surface area contributed by atoms with Crippen molar-refractivity contribution in [3.05, 3.63) is 78.1 Å². The molecule has 2 N–H and O–H groups in total. The molecule has 8 nitrogen and oxygen atoms in total. The summed E-state index contributed by atoms with van der Waals surface area (Å²) in [5, 5.41) is 7.78. The van der Waals surface area contributed by atoms with Gasteiger partial charge in [0.25, 0.3) is 11.8 Å². The Morgan fingerprint density at radius 2 is 1.88 bits per heavy atom. The van der Waals surface area contributed by atoms with E-state index in [1.165, 1.54) is 17.6 Å². The van der Waals surface area contributed by atoms with E-state index in [-0.39, 0.29) is 24.2 Å². The lowest BCUT2D eigenvalue weighted by atomic mass is 10.2. The fourth-order valence-electron chi connectivity index (χ4n) is 2.79. The first-order valence-corrected chi connectivity index (χ1v) is 10.5. The zero-order chi connectivity index (χ0) is 22.3. The smallest absolute Gasteiger partial charge is 0.291 e. The second kappa shape index (κ2) is 9.80. The van der Waals surface area contributed by atoms with Gasteiger partial charge in [0.05, 0.1) is 19.1 Å². The summed E-state index contributed by atoms with van der Waals surface area (Å²) in [6, 6.07) is 17.5. The number of carbonyl (C=O) groups excluding carboxylic acids is 2. The van der Waals surface area contributed by atoms with Crippen LogP contribution >= 0.6 is 11.3 Å². The largest absolute Gasteiger partial charge is 0.497 e. The Hall–Kier alpha value is -4.11. The Labute approximate surface area is 187 Å². The van der Waals surface area contributed by atoms with Crippen LogP contribution in [0.15, 0.2) is 76.7 Å². The normalized spacial score (nSPS) is 10.4. The highest BCUT2D eigenvalue weighted by Crippen LogP contribution is 2.26. The molecule has 0 aliphatic carbocycles. The third-order valence-electron chi connectivity index (χ3n) is 4.34. The molecule has 4 rings (SSSR count). The first kappa shape index (κ1) is 21.1. The van der Waals surface area contributed by atoms with E-state index in [4.69, 9.17) is 13.9 Å². The number of ether oxygens (including phenoxy) is 2. The SMILES string of the molecule is COc1ccc(-c2csc(NC(=O)COc3cccc(NC(=O)c4ccco4)c3)n2)cc1. The van der Waals surface area contributed by atoms with Crippen molar-refractivity contribution in [3.8, 4) is 22.8 Å². The van der Waals surface area contributed by atoms with Gasteiger partial charge in [0.15, 0.2) is 17.5 Å². The quantitative estimate of drug-likeness (QED) is 0.405. The molecule has 32 heavy (non-hydrogen) atoms. The van der Waals surface area contributed by atoms with E-state index in [0.717, 1.165) is 17.0 Å². The molecule has 0 aliphatic rings. The summed E-state index contributed by atoms with van der Waals surface area (Å²) >= 11 is 1.33. The molecule has 2 amide bonds. The standard InChI is InChI=1S/C23H19N3O5S/c1-29-17-9-7-15(8-10-17)19-14-32-23(25-19)26-21(27)13-31-18-5-2-4-16(12-18)24-22(28)20-6-3-11-30-20/h2-12,14H,13H2,1H3,(H,24,28)(H,25,26,27). The van der Waals surface area contributed by atoms with Gasteiger partial charge >= 0.3 is 0 Å². The Kier molecular flexibility index (Phi) is 6.47. The maximum atomic E-state index is 12.3. The molecule has 2 heterocycles. The van der Waals surface area contributed by atoms with Crippen LogP contribution in [0.1, 0.15) is 10.6 Å². The monoisotopic (exact) mass is 449 g/mol. The first-order valence-electron chi connectivity index (χ1n) is 9.58. The predicted molar refractivity (Wildman–Crippen MR) is 121 cm³/mol. The Balaban J connectivity index is 1.30. The summed E-state index contributed by atoms with van der Waals surface area (Å²) < 4.78 is 15.8. The van der Waals surface area contributed by atoms with Gasteiger partial charge in [-0.05, 0) is 48.5 Å². The topological polar surface area (TPSA) is 103 Å². The number of amides is 2. The number of anilines is 2. The predicted octanol–water partition coefficient (Wildman–Crippen LogP) is 4.68. The van der Waals surface area contributed by atoms with Crippen LogP contribution in [0.3, 0.4) is 0 Å². The van der Waals surface area contributed by atoms with E-state index >= 15 is 0 Å². The summed E-state index contributed by atoms with van der Waals surface area (Å²) in [6.07, 6.45) is 1.43. The molecule has 0 saturated carbocycles. The van der Waals surface area contributed by atoms with E-state index in [1.54, 1.807) is 43.5 Å². The van der Waals surface area contributed by atoms with Crippen molar-refractivity contribution in [2.75, 3.05) is 24.4 Å². The molecule has 0 saturated heterocycles. The van der Waals surface area contributed by atoms with Crippen molar-refractivity contribution in [3.63, 3.8) is 0 Å². The molecule has 0 bridgehead atoms. The van der Waals surface area contributed by atoms with Crippen molar-refractivity contribution >= 4 is 34.0 Å². The average molecular weight is 449 g/mol. The maximum absolute atomic E-state index is 12.3. The summed E-state index contributed by atoms with van der Waals surface area (Å²) in [7, 11) is 1.61. The van der Waals surface area contributed by atoms with Crippen molar-refractivity contribution < 1.29 is 23.5 Å². The molecule has 9 heteroatoms. The van der Waals surface area contributed by atoms with Crippen LogP contribution in [-0.2, 0) is 4.79 Å². The van der Waals surface area contributed by atoms with Crippen LogP contribution in [0.2, 0.25) is 0 Å². The van der Waals surface area contributed by atoms with Crippen LogP contribution in [-0.4, -0.2) is 30.5 Å². The second-order valence-electron chi connectivity index (χ2n) is 6.56. The van der Waals surface area contributed by atoms with Gasteiger partial charge < -0.3 is 19.2 Å². The second-order valence-corrected chi connectivity index (χ2v) is 7.42. The number of hydrogen-bond acceptors (Lipinski definition) is 7. The number of furan rings is 1. The number of rotatable bonds is 8. The Morgan fingerprint density at radius 1 is 1.03 bits per heavy atom. The molecule has 0 unspecified atom stereocenters. The fourth-order valence-corrected chi connectivity index (χ4v) is 3.53. The van der Waals surface area contributed by atoms with E-state index in [9.17, 15) is 9.59 Å². The highest BCUT2D eigenvalue weighted by atomic mass is 32.1. The molecule has 0 atom stereocenters. The summed E-state index contributed by atoms with van der Waals surface area (Å²) in [6.45, 7) is -0.201. The number of nitrogens with zero attached hydrogens (tertiary/aromatic N) is 1. The number of benzene rings is 2. The molecule has 4 aromatic rings. The number of nitrogens with one attached hydrogen (secondary N) is 2. The lowest BCUT2D eigenvalue weighted by Gasteiger charge is -2.08. The van der Waals surface area contributed by atoms with Crippen molar-refractivity contribution in [1.29, 1.82) is 0 Å². The van der Waals surface area contributed by atoms with Gasteiger partial charge in [-0.2, -0.15) is 0 Å². The lowest BCUT2D eigenvalue weighted by molar-refractivity contribution is -0.118. The molecule has 0 fully saturated rings. The number of carbonyl (C=O) groups is 2. The van der Waals surface area contributed by atoms with Crippen LogP contribution in [0.5, 0.6) is 11.5 Å². The molecular weight excluding hydrogens is 430 g/mol. The molecular formula is C23H19N3O5S. The summed E-state index contributed by atoms with van der Waals surface area (Å²) in [5.74, 6) is 0.690. The Bertz CT molecular complexity index is 1200. The number of methoxy groups -OCH3 is 1. The first-order chi connectivity index (χ1) is 15.6. The maximum Gasteiger partial charge on any atom is 0.291 e. The number of thiazole rings is 1. The minimum Gasteiger partial charge on any atom is -0.497 e. The minimum absolute atomic E-state index is 0.201. The highest BCUT2D eigenvalue weighted by Gasteiger charge is 2.11. The number of hydrogen-bond donors (Lipinski definition) is 2. The van der Waals surface area contributed by atoms with E-state index in [2.05, 4.69) is 15.6 Å². The van der Waals surface area contributed by atoms with Gasteiger partial charge in [-0.3, -0.25) is 14.9 Å². The van der Waals surface area contributed by atoms with Crippen LogP contribution in [0.4, 0.5) is 10.8 Å². The van der Waals surface area contributed by atoms with E-state index in [0.29, 0.717) is 16.6 Å². The van der Waals surface area contributed by atoms with Crippen LogP contribution in [0.25, 0.3) is 11.3 Å². The molecule has 2 aromatic heterocycles. The molecule has 0 spiro atoms. The minimum atomic E-state index is -0.374. The highest BCUT2D eigenvalue weighted by molar-refractivity contribution is 7.14. The van der Waals surface area contributed by atoms with Crippen LogP contribution in [0, 0.1) is 0 Å². The van der Waals surface area contributed by atoms with Gasteiger partial charge in [0, 0.05) is 22.7 Å². The van der Waals surface area contributed by atoms with Gasteiger partial charge in [-0.1, -0.05) is 6.07 Å². The molecule has 0 aliphatic heterocycles. The van der Waals surface area contributed by atoms with Gasteiger partial charge in [0.2, 0.25) is 0 Å². The molecule has 2 aromatic carbocycles. The number of aromatic nitrogens is 1. The zero-order valence-corrected chi connectivity index (χ0v) is 17.8. The third-order valence-corrected chi connectivity index (χ3v) is 5.10. The summed E-state index contributed by atoms with van der Waals surface area (Å²) in [5.41, 5.74) is 2.20. The van der Waals surface area contributed by atoms with Crippen molar-refractivity contribution in [2.45, 2.75) is 0 Å². The van der Waals surface area contributed by atoms with Gasteiger partial charge in [0.1, 0.15) is 11.5 Å². The average Bonchev–Trinajstić information content (AvgIpc) is 3.51.